The molecule has 0 radical (unpaired) electrons. The van der Waals surface area contributed by atoms with Crippen molar-refractivity contribution >= 4 is 17.9 Å². The Labute approximate surface area is 498 Å². The van der Waals surface area contributed by atoms with Crippen LogP contribution in [-0.4, -0.2) is 37.2 Å². The van der Waals surface area contributed by atoms with Gasteiger partial charge in [0.1, 0.15) is 13.2 Å². The molecule has 80 heavy (non-hydrogen) atoms. The van der Waals surface area contributed by atoms with Gasteiger partial charge in [-0.2, -0.15) is 0 Å². The van der Waals surface area contributed by atoms with Gasteiger partial charge in [-0.1, -0.05) is 333 Å². The predicted molar refractivity (Wildman–Crippen MR) is 349 cm³/mol. The molecular formula is C74H136O6. The zero-order valence-corrected chi connectivity index (χ0v) is 53.9. The number of allylic oxidation sites excluding steroid dienone is 8. The van der Waals surface area contributed by atoms with Crippen molar-refractivity contribution < 1.29 is 28.6 Å². The van der Waals surface area contributed by atoms with E-state index in [1.165, 1.54) is 270 Å². The molecule has 0 aliphatic rings. The second kappa shape index (κ2) is 68.9. The van der Waals surface area contributed by atoms with E-state index < -0.39 is 6.10 Å². The molecule has 0 aromatic rings. The van der Waals surface area contributed by atoms with E-state index in [-0.39, 0.29) is 31.1 Å². The lowest BCUT2D eigenvalue weighted by Crippen LogP contribution is -2.30. The summed E-state index contributed by atoms with van der Waals surface area (Å²) in [7, 11) is 0. The molecule has 0 saturated heterocycles. The topological polar surface area (TPSA) is 78.9 Å². The summed E-state index contributed by atoms with van der Waals surface area (Å²) < 4.78 is 16.9. The summed E-state index contributed by atoms with van der Waals surface area (Å²) in [4.78, 5) is 38.3. The van der Waals surface area contributed by atoms with Gasteiger partial charge in [0.25, 0.3) is 0 Å². The Bertz CT molecular complexity index is 1380. The number of esters is 3. The van der Waals surface area contributed by atoms with Crippen LogP contribution < -0.4 is 0 Å². The van der Waals surface area contributed by atoms with Crippen LogP contribution in [0.15, 0.2) is 48.6 Å². The molecule has 0 heterocycles. The maximum Gasteiger partial charge on any atom is 0.306 e. The highest BCUT2D eigenvalue weighted by Gasteiger charge is 2.19. The van der Waals surface area contributed by atoms with Crippen LogP contribution in [0.4, 0.5) is 0 Å². The molecule has 0 saturated carbocycles. The van der Waals surface area contributed by atoms with Gasteiger partial charge < -0.3 is 14.2 Å². The van der Waals surface area contributed by atoms with Gasteiger partial charge in [-0.15, -0.1) is 0 Å². The van der Waals surface area contributed by atoms with Crippen molar-refractivity contribution in [1.82, 2.24) is 0 Å². The number of hydrogen-bond acceptors (Lipinski definition) is 6. The summed E-state index contributed by atoms with van der Waals surface area (Å²) in [6, 6.07) is 0. The molecule has 0 fully saturated rings. The predicted octanol–water partition coefficient (Wildman–Crippen LogP) is 24.5. The van der Waals surface area contributed by atoms with Gasteiger partial charge in [0.15, 0.2) is 6.10 Å². The highest BCUT2D eigenvalue weighted by molar-refractivity contribution is 5.71. The first-order chi connectivity index (χ1) is 39.5. The first kappa shape index (κ1) is 77.4. The van der Waals surface area contributed by atoms with Crippen molar-refractivity contribution in [3.8, 4) is 0 Å². The summed E-state index contributed by atoms with van der Waals surface area (Å²) in [5.41, 5.74) is 0. The quantitative estimate of drug-likeness (QED) is 0.0261. The van der Waals surface area contributed by atoms with Crippen LogP contribution in [0.1, 0.15) is 387 Å². The Balaban J connectivity index is 4.08. The Morgan fingerprint density at radius 1 is 0.250 bits per heavy atom. The second-order valence-electron chi connectivity index (χ2n) is 24.1. The average Bonchev–Trinajstić information content (AvgIpc) is 3.46. The van der Waals surface area contributed by atoms with Crippen molar-refractivity contribution in [2.45, 2.75) is 393 Å². The fourth-order valence-electron chi connectivity index (χ4n) is 10.7. The van der Waals surface area contributed by atoms with Crippen LogP contribution in [0.2, 0.25) is 0 Å². The molecule has 0 aliphatic heterocycles. The number of hydrogen-bond donors (Lipinski definition) is 0. The molecule has 0 N–H and O–H groups in total. The van der Waals surface area contributed by atoms with E-state index in [9.17, 15) is 14.4 Å². The SMILES string of the molecule is CCCCC/C=C\C/C=C\C/C=C\CCCCCCCCC(=O)OC(COC(=O)CCCCCCCCCCCC)COC(=O)CCCCCCCCCCCCCCCCCCCCCCC/C=C\CCCCCCCCCC. The Morgan fingerprint density at radius 3 is 0.738 bits per heavy atom. The molecule has 1 unspecified atom stereocenters. The lowest BCUT2D eigenvalue weighted by Gasteiger charge is -2.18. The third-order valence-electron chi connectivity index (χ3n) is 16.1. The van der Waals surface area contributed by atoms with Gasteiger partial charge in [-0.05, 0) is 83.5 Å². The van der Waals surface area contributed by atoms with Crippen molar-refractivity contribution in [3.05, 3.63) is 48.6 Å². The average molecular weight is 1120 g/mol. The summed E-state index contributed by atoms with van der Waals surface area (Å²) in [5, 5.41) is 0. The van der Waals surface area contributed by atoms with Crippen LogP contribution >= 0.6 is 0 Å². The van der Waals surface area contributed by atoms with Gasteiger partial charge in [-0.3, -0.25) is 14.4 Å². The van der Waals surface area contributed by atoms with Crippen LogP contribution in [0.25, 0.3) is 0 Å². The molecule has 6 heteroatoms. The van der Waals surface area contributed by atoms with Crippen LogP contribution in [0.3, 0.4) is 0 Å². The lowest BCUT2D eigenvalue weighted by molar-refractivity contribution is -0.167. The molecule has 0 spiro atoms. The minimum Gasteiger partial charge on any atom is -0.462 e. The van der Waals surface area contributed by atoms with Crippen molar-refractivity contribution in [2.75, 3.05) is 13.2 Å². The van der Waals surface area contributed by atoms with Crippen LogP contribution in [0, 0.1) is 0 Å². The third kappa shape index (κ3) is 66.2. The van der Waals surface area contributed by atoms with E-state index >= 15 is 0 Å². The maximum atomic E-state index is 12.9. The summed E-state index contributed by atoms with van der Waals surface area (Å²) in [6.07, 6.45) is 87.3. The van der Waals surface area contributed by atoms with E-state index in [0.29, 0.717) is 19.3 Å². The highest BCUT2D eigenvalue weighted by Crippen LogP contribution is 2.18. The molecular weight excluding hydrogens is 985 g/mol. The summed E-state index contributed by atoms with van der Waals surface area (Å²) >= 11 is 0. The first-order valence-electron chi connectivity index (χ1n) is 35.6. The number of carbonyl (C=O) groups excluding carboxylic acids is 3. The number of ether oxygens (including phenoxy) is 3. The smallest absolute Gasteiger partial charge is 0.306 e. The zero-order valence-electron chi connectivity index (χ0n) is 53.9. The van der Waals surface area contributed by atoms with Gasteiger partial charge in [0.05, 0.1) is 0 Å². The van der Waals surface area contributed by atoms with Crippen molar-refractivity contribution in [3.63, 3.8) is 0 Å². The van der Waals surface area contributed by atoms with Gasteiger partial charge in [0, 0.05) is 19.3 Å². The van der Waals surface area contributed by atoms with E-state index in [1.807, 2.05) is 0 Å². The number of unbranched alkanes of at least 4 members (excludes halogenated alkanes) is 47. The Morgan fingerprint density at radius 2 is 0.450 bits per heavy atom. The van der Waals surface area contributed by atoms with E-state index in [2.05, 4.69) is 69.4 Å². The van der Waals surface area contributed by atoms with E-state index in [0.717, 1.165) is 77.0 Å². The van der Waals surface area contributed by atoms with Gasteiger partial charge in [0.2, 0.25) is 0 Å². The molecule has 0 aromatic heterocycles. The van der Waals surface area contributed by atoms with Gasteiger partial charge >= 0.3 is 17.9 Å². The minimum atomic E-state index is -0.777. The molecule has 1 atom stereocenters. The molecule has 0 aliphatic carbocycles. The largest absolute Gasteiger partial charge is 0.462 e. The van der Waals surface area contributed by atoms with E-state index in [1.54, 1.807) is 0 Å². The lowest BCUT2D eigenvalue weighted by atomic mass is 10.0. The molecule has 0 rings (SSSR count). The fourth-order valence-corrected chi connectivity index (χ4v) is 10.7. The number of rotatable bonds is 66. The van der Waals surface area contributed by atoms with Crippen molar-refractivity contribution in [1.29, 1.82) is 0 Å². The fraction of sp³-hybridized carbons (Fsp3) is 0.851. The highest BCUT2D eigenvalue weighted by atomic mass is 16.6. The number of carbonyl (C=O) groups is 3. The monoisotopic (exact) mass is 1120 g/mol. The molecule has 0 bridgehead atoms. The molecule has 468 valence electrons. The molecule has 6 nitrogen and oxygen atoms in total. The third-order valence-corrected chi connectivity index (χ3v) is 16.1. The summed E-state index contributed by atoms with van der Waals surface area (Å²) in [5.74, 6) is -0.865. The van der Waals surface area contributed by atoms with Crippen LogP contribution in [-0.2, 0) is 28.6 Å². The summed E-state index contributed by atoms with van der Waals surface area (Å²) in [6.45, 7) is 6.65. The minimum absolute atomic E-state index is 0.0737. The van der Waals surface area contributed by atoms with Crippen molar-refractivity contribution in [2.24, 2.45) is 0 Å². The second-order valence-corrected chi connectivity index (χ2v) is 24.1. The Hall–Kier alpha value is -2.63. The van der Waals surface area contributed by atoms with Crippen LogP contribution in [0.5, 0.6) is 0 Å². The Kier molecular flexibility index (Phi) is 66.6. The van der Waals surface area contributed by atoms with E-state index in [4.69, 9.17) is 14.2 Å². The van der Waals surface area contributed by atoms with Gasteiger partial charge in [-0.25, -0.2) is 0 Å². The maximum absolute atomic E-state index is 12.9. The normalized spacial score (nSPS) is 12.3. The zero-order chi connectivity index (χ0) is 57.8. The molecule has 0 aromatic carbocycles. The molecule has 0 amide bonds. The first-order valence-corrected chi connectivity index (χ1v) is 35.6. The standard InChI is InChI=1S/C74H136O6/c1-4-7-10-13-16-19-22-24-26-28-30-31-32-33-34-35-36-37-38-39-40-41-42-43-45-46-48-50-52-55-58-61-64-67-73(76)79-70-71(69-78-72(75)66-63-60-57-54-21-18-15-12-9-6-3)80-74(77)68-65-62-59-56-53-51-49-47-44-29-27-25-23-20-17-14-11-8-5-2/h17,20,25,27-28,30,44,47,71H,4-16,18-19,21-24,26,29,31-43,45-46,48-70H2,1-3H3/b20-17-,27-25-,30-28-,47-44-.